The largest absolute Gasteiger partial charge is 0.478 e. The Morgan fingerprint density at radius 1 is 0.593 bits per heavy atom. The maximum Gasteiger partial charge on any atom is 0.337 e. The summed E-state index contributed by atoms with van der Waals surface area (Å²) in [5.41, 5.74) is -3.78. The molecule has 0 saturated carbocycles. The number of sulfone groups is 1. The van der Waals surface area contributed by atoms with Gasteiger partial charge in [0.25, 0.3) is 0 Å². The van der Waals surface area contributed by atoms with Crippen molar-refractivity contribution < 1.29 is 48.0 Å². The lowest BCUT2D eigenvalue weighted by atomic mass is 10.1. The minimum Gasteiger partial charge on any atom is -0.478 e. The highest BCUT2D eigenvalue weighted by atomic mass is 32.2. The summed E-state index contributed by atoms with van der Waals surface area (Å²) in [5, 5.41) is 36.8. The third kappa shape index (κ3) is 3.35. The third-order valence-electron chi connectivity index (χ3n) is 3.52. The van der Waals surface area contributed by atoms with Crippen LogP contribution < -0.4 is 0 Å². The average molecular weight is 394 g/mol. The first-order valence-corrected chi connectivity index (χ1v) is 8.42. The highest BCUT2D eigenvalue weighted by Gasteiger charge is 2.33. The summed E-state index contributed by atoms with van der Waals surface area (Å²) in [6.45, 7) is 0. The second kappa shape index (κ2) is 6.88. The Hall–Kier alpha value is -3.73. The molecule has 27 heavy (non-hydrogen) atoms. The number of carbonyl (C=O) groups is 4. The van der Waals surface area contributed by atoms with Crippen molar-refractivity contribution in [3.63, 3.8) is 0 Å². The Labute approximate surface area is 150 Å². The summed E-state index contributed by atoms with van der Waals surface area (Å²) < 4.78 is 25.8. The molecule has 0 unspecified atom stereocenters. The van der Waals surface area contributed by atoms with E-state index in [9.17, 15) is 37.8 Å². The van der Waals surface area contributed by atoms with Crippen molar-refractivity contribution in [2.75, 3.05) is 0 Å². The molecule has 0 spiro atoms. The molecule has 2 rings (SSSR count). The minimum absolute atomic E-state index is 0.796. The van der Waals surface area contributed by atoms with Crippen molar-refractivity contribution in [1.82, 2.24) is 0 Å². The van der Waals surface area contributed by atoms with Gasteiger partial charge in [0.2, 0.25) is 9.84 Å². The van der Waals surface area contributed by atoms with E-state index in [-0.39, 0.29) is 0 Å². The van der Waals surface area contributed by atoms with Crippen molar-refractivity contribution in [3.8, 4) is 0 Å². The van der Waals surface area contributed by atoms with Crippen molar-refractivity contribution in [3.05, 3.63) is 58.7 Å². The zero-order chi connectivity index (χ0) is 20.5. The van der Waals surface area contributed by atoms with Crippen LogP contribution in [-0.4, -0.2) is 52.7 Å². The lowest BCUT2D eigenvalue weighted by molar-refractivity contribution is 0.0647. The quantitative estimate of drug-likeness (QED) is 0.557. The second-order valence-electron chi connectivity index (χ2n) is 5.08. The zero-order valence-corrected chi connectivity index (χ0v) is 13.9. The molecule has 0 heterocycles. The maximum absolute atomic E-state index is 12.9. The van der Waals surface area contributed by atoms with Crippen LogP contribution >= 0.6 is 0 Å². The van der Waals surface area contributed by atoms with Gasteiger partial charge in [-0.25, -0.2) is 27.6 Å². The van der Waals surface area contributed by atoms with Crippen molar-refractivity contribution in [2.45, 2.75) is 9.79 Å². The van der Waals surface area contributed by atoms with E-state index in [1.165, 1.54) is 0 Å². The first-order chi connectivity index (χ1) is 12.5. The molecule has 0 radical (unpaired) electrons. The Morgan fingerprint density at radius 3 is 1.19 bits per heavy atom. The van der Waals surface area contributed by atoms with Crippen molar-refractivity contribution in [2.24, 2.45) is 0 Å². The van der Waals surface area contributed by atoms with Gasteiger partial charge in [-0.2, -0.15) is 0 Å². The average Bonchev–Trinajstić information content (AvgIpc) is 2.59. The zero-order valence-electron chi connectivity index (χ0n) is 13.1. The van der Waals surface area contributed by atoms with Gasteiger partial charge in [-0.3, -0.25) is 0 Å². The fourth-order valence-electron chi connectivity index (χ4n) is 2.43. The predicted molar refractivity (Wildman–Crippen MR) is 86.2 cm³/mol. The van der Waals surface area contributed by atoms with Gasteiger partial charge in [-0.15, -0.1) is 0 Å². The van der Waals surface area contributed by atoms with Crippen LogP contribution in [0.25, 0.3) is 0 Å². The SMILES string of the molecule is O=C(O)c1cccc(S(=O)(=O)c2cccc(C(=O)O)c2C(=O)O)c1C(=O)O. The highest BCUT2D eigenvalue weighted by Crippen LogP contribution is 2.30. The maximum atomic E-state index is 12.9. The van der Waals surface area contributed by atoms with Crippen LogP contribution in [0.2, 0.25) is 0 Å². The number of carboxylic acid groups (broad SMARTS) is 4. The van der Waals surface area contributed by atoms with Gasteiger partial charge in [-0.1, -0.05) is 12.1 Å². The molecule has 2 aromatic rings. The van der Waals surface area contributed by atoms with Gasteiger partial charge in [0.05, 0.1) is 32.0 Å². The topological polar surface area (TPSA) is 183 Å². The van der Waals surface area contributed by atoms with E-state index >= 15 is 0 Å². The van der Waals surface area contributed by atoms with Crippen LogP contribution in [0, 0.1) is 0 Å². The summed E-state index contributed by atoms with van der Waals surface area (Å²) in [4.78, 5) is 43.5. The minimum atomic E-state index is -4.89. The lowest BCUT2D eigenvalue weighted by Gasteiger charge is -2.13. The summed E-state index contributed by atoms with van der Waals surface area (Å²) >= 11 is 0. The normalized spacial score (nSPS) is 11.0. The molecular formula is C16H10O10S. The monoisotopic (exact) mass is 394 g/mol. The first kappa shape index (κ1) is 19.6. The molecule has 0 aliphatic heterocycles. The molecule has 0 aliphatic rings. The Kier molecular flexibility index (Phi) is 4.99. The van der Waals surface area contributed by atoms with Crippen molar-refractivity contribution in [1.29, 1.82) is 0 Å². The van der Waals surface area contributed by atoms with E-state index in [1.54, 1.807) is 0 Å². The molecule has 0 aliphatic carbocycles. The van der Waals surface area contributed by atoms with Gasteiger partial charge >= 0.3 is 23.9 Å². The summed E-state index contributed by atoms with van der Waals surface area (Å²) in [6, 6.07) is 5.29. The highest BCUT2D eigenvalue weighted by molar-refractivity contribution is 7.91. The Morgan fingerprint density at radius 2 is 0.926 bits per heavy atom. The number of rotatable bonds is 6. The van der Waals surface area contributed by atoms with Crippen molar-refractivity contribution >= 4 is 33.7 Å². The molecule has 0 bridgehead atoms. The predicted octanol–water partition coefficient (Wildman–Crippen LogP) is 1.31. The van der Waals surface area contributed by atoms with Crippen LogP contribution in [-0.2, 0) is 9.84 Å². The van der Waals surface area contributed by atoms with Crippen LogP contribution in [0.3, 0.4) is 0 Å². The number of aromatic carboxylic acids is 4. The lowest BCUT2D eigenvalue weighted by Crippen LogP contribution is -2.18. The molecule has 0 saturated heterocycles. The van der Waals surface area contributed by atoms with Gasteiger partial charge in [0.15, 0.2) is 0 Å². The van der Waals surface area contributed by atoms with Gasteiger partial charge in [-0.05, 0) is 24.3 Å². The van der Waals surface area contributed by atoms with E-state index in [2.05, 4.69) is 0 Å². The molecule has 0 amide bonds. The van der Waals surface area contributed by atoms with Gasteiger partial charge in [0.1, 0.15) is 0 Å². The molecule has 0 aromatic heterocycles. The summed E-state index contributed by atoms with van der Waals surface area (Å²) in [7, 11) is -4.89. The molecule has 11 heteroatoms. The summed E-state index contributed by atoms with van der Waals surface area (Å²) in [5.74, 6) is -7.14. The molecule has 0 fully saturated rings. The second-order valence-corrected chi connectivity index (χ2v) is 6.97. The molecular weight excluding hydrogens is 384 g/mol. The van der Waals surface area contributed by atoms with E-state index in [4.69, 9.17) is 10.2 Å². The summed E-state index contributed by atoms with van der Waals surface area (Å²) in [6.07, 6.45) is 0. The molecule has 10 nitrogen and oxygen atoms in total. The standard InChI is InChI=1S/C16H10O10S/c17-13(18)7-3-1-5-9(11(7)15(21)22)27(25,26)10-6-2-4-8(14(19)20)12(10)16(23)24/h1-6H,(H,17,18)(H,19,20)(H,21,22)(H,23,24). The smallest absolute Gasteiger partial charge is 0.337 e. The van der Waals surface area contributed by atoms with Gasteiger partial charge < -0.3 is 20.4 Å². The van der Waals surface area contributed by atoms with E-state index in [0.717, 1.165) is 36.4 Å². The number of benzene rings is 2. The molecule has 140 valence electrons. The first-order valence-electron chi connectivity index (χ1n) is 6.94. The van der Waals surface area contributed by atoms with E-state index in [0.29, 0.717) is 0 Å². The fourth-order valence-corrected chi connectivity index (χ4v) is 4.11. The third-order valence-corrected chi connectivity index (χ3v) is 5.36. The molecule has 2 aromatic carbocycles. The van der Waals surface area contributed by atoms with Crippen LogP contribution in [0.4, 0.5) is 0 Å². The Balaban J connectivity index is 2.95. The number of carboxylic acids is 4. The molecule has 4 N–H and O–H groups in total. The van der Waals surface area contributed by atoms with Crippen LogP contribution in [0.15, 0.2) is 46.2 Å². The van der Waals surface area contributed by atoms with E-state index in [1.807, 2.05) is 0 Å². The number of hydrogen-bond donors (Lipinski definition) is 4. The van der Waals surface area contributed by atoms with Crippen LogP contribution in [0.5, 0.6) is 0 Å². The van der Waals surface area contributed by atoms with Crippen LogP contribution in [0.1, 0.15) is 41.4 Å². The Bertz CT molecular complexity index is 1020. The number of hydrogen-bond acceptors (Lipinski definition) is 6. The molecule has 0 atom stereocenters. The fraction of sp³-hybridized carbons (Fsp3) is 0. The van der Waals surface area contributed by atoms with Gasteiger partial charge in [0, 0.05) is 0 Å². The van der Waals surface area contributed by atoms with E-state index < -0.39 is 65.8 Å².